The maximum Gasteiger partial charge on any atom is 0.253 e. The van der Waals surface area contributed by atoms with Crippen LogP contribution in [-0.4, -0.2) is 32.1 Å². The van der Waals surface area contributed by atoms with E-state index in [-0.39, 0.29) is 5.91 Å². The Kier molecular flexibility index (Phi) is 7.73. The van der Waals surface area contributed by atoms with Crippen LogP contribution in [0.3, 0.4) is 0 Å². The van der Waals surface area contributed by atoms with Gasteiger partial charge >= 0.3 is 0 Å². The molecule has 8 heteroatoms. The number of nitrogens with one attached hydrogen (secondary N) is 2. The summed E-state index contributed by atoms with van der Waals surface area (Å²) < 4.78 is 1.99. The van der Waals surface area contributed by atoms with Crippen molar-refractivity contribution in [2.45, 2.75) is 23.9 Å². The van der Waals surface area contributed by atoms with Crippen LogP contribution in [0.5, 0.6) is 0 Å². The fourth-order valence-electron chi connectivity index (χ4n) is 4.71. The number of anilines is 1. The van der Waals surface area contributed by atoms with Crippen LogP contribution in [0.2, 0.25) is 0 Å². The first-order valence-corrected chi connectivity index (χ1v) is 14.2. The average molecular weight is 557 g/mol. The van der Waals surface area contributed by atoms with Gasteiger partial charge in [0.15, 0.2) is 11.0 Å². The van der Waals surface area contributed by atoms with Crippen molar-refractivity contribution < 1.29 is 4.79 Å². The minimum atomic E-state index is -0.454. The number of carbonyl (C=O) groups excluding carboxylic acids is 1. The summed E-state index contributed by atoms with van der Waals surface area (Å²) in [4.78, 5) is 13.0. The fraction of sp³-hybridized carbons (Fsp3) is 0.0909. The van der Waals surface area contributed by atoms with Crippen molar-refractivity contribution >= 4 is 51.1 Å². The summed E-state index contributed by atoms with van der Waals surface area (Å²) in [5.74, 6) is 0.526. The molecule has 2 N–H and O–H groups in total. The molecular weight excluding hydrogens is 528 g/mol. The zero-order valence-electron chi connectivity index (χ0n) is 22.4. The number of para-hydroxylation sites is 1. The van der Waals surface area contributed by atoms with Crippen LogP contribution in [-0.2, 0) is 11.3 Å². The Hall–Kier alpha value is -4.95. The van der Waals surface area contributed by atoms with Gasteiger partial charge in [-0.05, 0) is 41.3 Å². The predicted octanol–water partition coefficient (Wildman–Crippen LogP) is 6.82. The third-order valence-corrected chi connectivity index (χ3v) is 7.84. The molecule has 0 bridgehead atoms. The van der Waals surface area contributed by atoms with Gasteiger partial charge in [0.05, 0.1) is 18.0 Å². The first kappa shape index (κ1) is 26.3. The Bertz CT molecular complexity index is 1840. The van der Waals surface area contributed by atoms with Crippen LogP contribution in [0, 0.1) is 0 Å². The molecule has 5 aromatic carbocycles. The lowest BCUT2D eigenvalue weighted by Gasteiger charge is -2.14. The van der Waals surface area contributed by atoms with E-state index in [0.717, 1.165) is 38.9 Å². The normalized spacial score (nSPS) is 12.1. The zero-order chi connectivity index (χ0) is 28.0. The Morgan fingerprint density at radius 1 is 0.829 bits per heavy atom. The van der Waals surface area contributed by atoms with Gasteiger partial charge in [0.1, 0.15) is 0 Å². The summed E-state index contributed by atoms with van der Waals surface area (Å²) >= 11 is 1.34. The molecule has 1 heterocycles. The van der Waals surface area contributed by atoms with E-state index in [4.69, 9.17) is 0 Å². The van der Waals surface area contributed by atoms with Gasteiger partial charge in [-0.25, -0.2) is 5.43 Å². The van der Waals surface area contributed by atoms with Crippen LogP contribution >= 0.6 is 11.8 Å². The smallest absolute Gasteiger partial charge is 0.253 e. The molecule has 0 aliphatic carbocycles. The maximum atomic E-state index is 13.0. The summed E-state index contributed by atoms with van der Waals surface area (Å²) in [6, 6.07) is 38.5. The minimum Gasteiger partial charge on any atom is -0.377 e. The molecule has 6 aromatic rings. The predicted molar refractivity (Wildman–Crippen MR) is 168 cm³/mol. The summed E-state index contributed by atoms with van der Waals surface area (Å²) in [6.07, 6.45) is 1.68. The molecule has 202 valence electrons. The van der Waals surface area contributed by atoms with Crippen LogP contribution in [0.25, 0.3) is 27.2 Å². The second-order valence-electron chi connectivity index (χ2n) is 9.51. The van der Waals surface area contributed by atoms with Crippen LogP contribution in [0.4, 0.5) is 5.69 Å². The average Bonchev–Trinajstić information content (AvgIpc) is 3.42. The van der Waals surface area contributed by atoms with Crippen LogP contribution in [0.1, 0.15) is 18.3 Å². The van der Waals surface area contributed by atoms with Crippen molar-refractivity contribution in [3.63, 3.8) is 0 Å². The molecule has 1 amide bonds. The van der Waals surface area contributed by atoms with E-state index in [1.54, 1.807) is 6.21 Å². The summed E-state index contributed by atoms with van der Waals surface area (Å²) in [7, 11) is 0. The van der Waals surface area contributed by atoms with Gasteiger partial charge < -0.3 is 5.32 Å². The van der Waals surface area contributed by atoms with Crippen LogP contribution < -0.4 is 10.7 Å². The van der Waals surface area contributed by atoms with Crippen molar-refractivity contribution in [2.24, 2.45) is 5.10 Å². The molecule has 0 saturated heterocycles. The van der Waals surface area contributed by atoms with E-state index in [9.17, 15) is 4.79 Å². The number of nitrogens with zero attached hydrogens (tertiary/aromatic N) is 4. The number of fused-ring (bicyclic) bond motifs is 2. The second kappa shape index (κ2) is 12.1. The van der Waals surface area contributed by atoms with Gasteiger partial charge in [0, 0.05) is 22.3 Å². The molecule has 0 spiro atoms. The molecule has 0 aliphatic heterocycles. The summed E-state index contributed by atoms with van der Waals surface area (Å²) in [6.45, 7) is 2.30. The quantitative estimate of drug-likeness (QED) is 0.116. The van der Waals surface area contributed by atoms with Crippen molar-refractivity contribution in [3.8, 4) is 5.69 Å². The Labute approximate surface area is 242 Å². The first-order chi connectivity index (χ1) is 20.2. The first-order valence-electron chi connectivity index (χ1n) is 13.4. The van der Waals surface area contributed by atoms with E-state index in [2.05, 4.69) is 62.4 Å². The number of carbonyl (C=O) groups is 1. The Balaban J connectivity index is 1.19. The molecular formula is C33H28N6OS. The van der Waals surface area contributed by atoms with E-state index >= 15 is 0 Å². The van der Waals surface area contributed by atoms with Gasteiger partial charge in [0.25, 0.3) is 5.91 Å². The zero-order valence-corrected chi connectivity index (χ0v) is 23.3. The number of benzene rings is 5. The van der Waals surface area contributed by atoms with E-state index < -0.39 is 5.25 Å². The third-order valence-electron chi connectivity index (χ3n) is 6.79. The highest BCUT2D eigenvalue weighted by atomic mass is 32.2. The number of rotatable bonds is 9. The van der Waals surface area contributed by atoms with Crippen LogP contribution in [0.15, 0.2) is 126 Å². The lowest BCUT2D eigenvalue weighted by molar-refractivity contribution is -0.120. The molecule has 7 nitrogen and oxygen atoms in total. The molecule has 0 radical (unpaired) electrons. The molecule has 0 saturated carbocycles. The van der Waals surface area contributed by atoms with E-state index in [0.29, 0.717) is 11.7 Å². The van der Waals surface area contributed by atoms with E-state index in [1.165, 1.54) is 17.1 Å². The summed E-state index contributed by atoms with van der Waals surface area (Å²) in [5, 5.41) is 21.4. The van der Waals surface area contributed by atoms with Crippen molar-refractivity contribution in [3.05, 3.63) is 127 Å². The second-order valence-corrected chi connectivity index (χ2v) is 10.8. The van der Waals surface area contributed by atoms with Crippen molar-refractivity contribution in [1.29, 1.82) is 0 Å². The topological polar surface area (TPSA) is 84.2 Å². The van der Waals surface area contributed by atoms with E-state index in [1.807, 2.05) is 90.4 Å². The maximum absolute atomic E-state index is 13.0. The highest BCUT2D eigenvalue weighted by Crippen LogP contribution is 2.28. The van der Waals surface area contributed by atoms with Gasteiger partial charge in [-0.2, -0.15) is 5.10 Å². The lowest BCUT2D eigenvalue weighted by atomic mass is 10.1. The van der Waals surface area contributed by atoms with Crippen molar-refractivity contribution in [2.75, 3.05) is 5.32 Å². The van der Waals surface area contributed by atoms with Gasteiger partial charge in [-0.1, -0.05) is 109 Å². The van der Waals surface area contributed by atoms with Gasteiger partial charge in [0.2, 0.25) is 0 Å². The molecule has 0 unspecified atom stereocenters. The number of hydrogen-bond donors (Lipinski definition) is 2. The fourth-order valence-corrected chi connectivity index (χ4v) is 5.59. The molecule has 6 rings (SSSR count). The van der Waals surface area contributed by atoms with Crippen molar-refractivity contribution in [1.82, 2.24) is 20.2 Å². The monoisotopic (exact) mass is 556 g/mol. The Morgan fingerprint density at radius 3 is 2.29 bits per heavy atom. The number of aromatic nitrogens is 3. The SMILES string of the molecule is C[C@H](Sc1nnc(CNc2cccc3ccccc23)n1-c1ccccc1)C(=O)N/N=C\c1cccc2ccccc12. The summed E-state index contributed by atoms with van der Waals surface area (Å²) in [5.41, 5.74) is 5.58. The third kappa shape index (κ3) is 5.83. The molecule has 0 fully saturated rings. The highest BCUT2D eigenvalue weighted by molar-refractivity contribution is 8.00. The number of amides is 1. The number of hydrogen-bond acceptors (Lipinski definition) is 6. The molecule has 41 heavy (non-hydrogen) atoms. The Morgan fingerprint density at radius 2 is 1.49 bits per heavy atom. The molecule has 0 aliphatic rings. The standard InChI is InChI=1S/C33H28N6OS/c1-23(32(40)37-35-21-26-15-9-13-24-11-5-7-18-28(24)26)41-33-38-36-31(39(33)27-16-3-2-4-17-27)22-34-30-20-10-14-25-12-6-8-19-29(25)30/h2-21,23,34H,22H2,1H3,(H,37,40)/b35-21-/t23-/m0/s1. The number of hydrazone groups is 1. The largest absolute Gasteiger partial charge is 0.377 e. The minimum absolute atomic E-state index is 0.218. The molecule has 1 atom stereocenters. The number of thioether (sulfide) groups is 1. The lowest BCUT2D eigenvalue weighted by Crippen LogP contribution is -2.27. The van der Waals surface area contributed by atoms with Gasteiger partial charge in [-0.3, -0.25) is 9.36 Å². The molecule has 1 aromatic heterocycles. The highest BCUT2D eigenvalue weighted by Gasteiger charge is 2.21. The van der Waals surface area contributed by atoms with Gasteiger partial charge in [-0.15, -0.1) is 10.2 Å².